The van der Waals surface area contributed by atoms with Crippen molar-refractivity contribution in [2.24, 2.45) is 52.4 Å². The van der Waals surface area contributed by atoms with Gasteiger partial charge in [-0.25, -0.2) is 19.6 Å². The van der Waals surface area contributed by atoms with Crippen LogP contribution in [0.2, 0.25) is 0 Å². The van der Waals surface area contributed by atoms with Crippen LogP contribution in [-0.4, -0.2) is 58.8 Å². The van der Waals surface area contributed by atoms with Crippen molar-refractivity contribution in [3.8, 4) is 0 Å². The maximum absolute atomic E-state index is 7.12. The van der Waals surface area contributed by atoms with Gasteiger partial charge in [0.25, 0.3) is 0 Å². The van der Waals surface area contributed by atoms with Crippen molar-refractivity contribution in [1.29, 1.82) is 0 Å². The highest BCUT2D eigenvalue weighted by Crippen LogP contribution is 2.63. The predicted octanol–water partition coefficient (Wildman–Crippen LogP) is 6.62. The first kappa shape index (κ1) is 32.4. The molecule has 0 amide bonds. The fraction of sp³-hybridized carbons (Fsp3) is 0.972. The van der Waals surface area contributed by atoms with Crippen molar-refractivity contribution in [3.05, 3.63) is 0 Å². The second-order valence-electron chi connectivity index (χ2n) is 17.9. The third kappa shape index (κ3) is 4.74. The van der Waals surface area contributed by atoms with Crippen LogP contribution in [0, 0.1) is 47.3 Å². The van der Waals surface area contributed by atoms with Crippen LogP contribution in [0.3, 0.4) is 0 Å². The Morgan fingerprint density at radius 2 is 1.20 bits per heavy atom. The molecule has 0 aromatic heterocycles. The maximum Gasteiger partial charge on any atom is 0.201 e. The van der Waals surface area contributed by atoms with Crippen LogP contribution < -0.4 is 5.43 Å². The van der Waals surface area contributed by atoms with Gasteiger partial charge in [-0.05, 0) is 109 Å². The van der Waals surface area contributed by atoms with Crippen molar-refractivity contribution < 1.29 is 38.5 Å². The van der Waals surface area contributed by atoms with Crippen LogP contribution in [0.1, 0.15) is 120 Å². The molecule has 16 atom stereocenters. The predicted molar refractivity (Wildman–Crippen MR) is 169 cm³/mol. The molecular formula is C36H58N2O8. The molecule has 10 aliphatic rings. The fourth-order valence-corrected chi connectivity index (χ4v) is 11.2. The van der Waals surface area contributed by atoms with Gasteiger partial charge in [0, 0.05) is 36.6 Å². The Morgan fingerprint density at radius 3 is 1.74 bits per heavy atom. The minimum atomic E-state index is -0.818. The van der Waals surface area contributed by atoms with Gasteiger partial charge in [0.15, 0.2) is 23.8 Å². The van der Waals surface area contributed by atoms with Crippen LogP contribution in [0.15, 0.2) is 5.10 Å². The quantitative estimate of drug-likeness (QED) is 0.205. The van der Waals surface area contributed by atoms with Crippen molar-refractivity contribution >= 4 is 5.71 Å². The lowest BCUT2D eigenvalue weighted by molar-refractivity contribution is -0.571. The van der Waals surface area contributed by atoms with Gasteiger partial charge in [0.05, 0.1) is 11.8 Å². The normalized spacial score (nSPS) is 56.4. The summed E-state index contributed by atoms with van der Waals surface area (Å²) >= 11 is 0. The highest BCUT2D eigenvalue weighted by Gasteiger charge is 2.71. The van der Waals surface area contributed by atoms with Crippen LogP contribution in [0.5, 0.6) is 0 Å². The highest BCUT2D eigenvalue weighted by molar-refractivity contribution is 5.89. The average Bonchev–Trinajstić information content (AvgIpc) is 3.37. The van der Waals surface area contributed by atoms with E-state index in [9.17, 15) is 0 Å². The van der Waals surface area contributed by atoms with Gasteiger partial charge in [-0.2, -0.15) is 5.10 Å². The number of fused-ring (bicyclic) bond motifs is 4. The average molecular weight is 647 g/mol. The summed E-state index contributed by atoms with van der Waals surface area (Å²) in [4.78, 5) is 25.1. The Morgan fingerprint density at radius 1 is 0.674 bits per heavy atom. The molecule has 0 aromatic carbocycles. The molecule has 10 fully saturated rings. The summed E-state index contributed by atoms with van der Waals surface area (Å²) in [6.07, 6.45) is 7.35. The van der Waals surface area contributed by atoms with E-state index in [-0.39, 0.29) is 41.4 Å². The summed E-state index contributed by atoms with van der Waals surface area (Å²) < 4.78 is 27.6. The summed E-state index contributed by atoms with van der Waals surface area (Å²) in [6.45, 7) is 19.8. The van der Waals surface area contributed by atoms with Crippen LogP contribution >= 0.6 is 0 Å². The second kappa shape index (κ2) is 10.8. The van der Waals surface area contributed by atoms with E-state index in [1.165, 1.54) is 12.8 Å². The zero-order valence-corrected chi connectivity index (χ0v) is 29.5. The Balaban J connectivity index is 1.13. The number of ether oxygens (including phenoxy) is 4. The van der Waals surface area contributed by atoms with Crippen molar-refractivity contribution in [2.45, 2.75) is 173 Å². The van der Waals surface area contributed by atoms with E-state index in [1.54, 1.807) is 0 Å². The van der Waals surface area contributed by atoms with E-state index < -0.39 is 35.4 Å². The monoisotopic (exact) mass is 646 g/mol. The van der Waals surface area contributed by atoms with Gasteiger partial charge in [-0.1, -0.05) is 27.7 Å². The Bertz CT molecular complexity index is 1230. The number of hydrogen-bond donors (Lipinski definition) is 1. The molecule has 46 heavy (non-hydrogen) atoms. The summed E-state index contributed by atoms with van der Waals surface area (Å²) in [5.41, 5.74) is 3.02. The third-order valence-electron chi connectivity index (χ3n) is 13.7. The minimum absolute atomic E-state index is 0.115. The lowest BCUT2D eigenvalue weighted by atomic mass is 9.56. The van der Waals surface area contributed by atoms with Gasteiger partial charge in [-0.15, -0.1) is 0 Å². The number of rotatable bonds is 4. The smallest absolute Gasteiger partial charge is 0.201 e. The summed E-state index contributed by atoms with van der Waals surface area (Å²) in [6, 6.07) is 0. The molecule has 2 aliphatic carbocycles. The minimum Gasteiger partial charge on any atom is -0.345 e. The topological polar surface area (TPSA) is 98.2 Å². The summed E-state index contributed by atoms with van der Waals surface area (Å²) in [5, 5.41) is 5.17. The van der Waals surface area contributed by atoms with Crippen LogP contribution in [0.25, 0.3) is 0 Å². The molecule has 10 heteroatoms. The number of nitrogens with zero attached hydrogens (tertiary/aromatic N) is 1. The zero-order valence-electron chi connectivity index (χ0n) is 29.5. The van der Waals surface area contributed by atoms with Crippen molar-refractivity contribution in [3.63, 3.8) is 0 Å². The van der Waals surface area contributed by atoms with Gasteiger partial charge < -0.3 is 24.4 Å². The summed E-state index contributed by atoms with van der Waals surface area (Å²) in [7, 11) is 0. The molecule has 4 bridgehead atoms. The number of nitrogens with one attached hydrogen (secondary N) is 1. The van der Waals surface area contributed by atoms with Gasteiger partial charge >= 0.3 is 0 Å². The van der Waals surface area contributed by atoms with Gasteiger partial charge in [0.2, 0.25) is 11.6 Å². The maximum atomic E-state index is 7.12. The third-order valence-corrected chi connectivity index (χ3v) is 13.7. The summed E-state index contributed by atoms with van der Waals surface area (Å²) in [5.74, 6) is 0.932. The SMILES string of the molecule is C[C@H]1[C@@H](/C(C[C@H]2O[C@@H]3O[C@]4(C)CC[C@H]5[C@H](C)CC[C@@H]([C@H]2C)C35OO4)=N\NC(C)(C)C)O[C@@H]2O[C@]3(C)CC[C@H]4[C@H](C)CC[C@@H]1C24OO3. The van der Waals surface area contributed by atoms with E-state index >= 15 is 0 Å². The molecule has 2 spiro atoms. The first-order valence-electron chi connectivity index (χ1n) is 18.4. The van der Waals surface area contributed by atoms with Crippen molar-refractivity contribution in [1.82, 2.24) is 5.43 Å². The lowest BCUT2D eigenvalue weighted by Crippen LogP contribution is -2.71. The Hall–Kier alpha value is -0.850. The van der Waals surface area contributed by atoms with E-state index in [4.69, 9.17) is 43.6 Å². The molecule has 8 aliphatic heterocycles. The Labute approximate surface area is 275 Å². The van der Waals surface area contributed by atoms with E-state index in [0.29, 0.717) is 30.1 Å². The molecule has 2 saturated carbocycles. The molecule has 8 heterocycles. The standard InChI is InChI=1S/C36H58N2O8/c1-19-10-12-25-21(3)28(39-30-35(25)23(19)14-16-33(8,41-30)43-45-35)18-27(37-38-32(5,6)7)29-22(4)26-13-11-20(2)24-15-17-34(9)42-31(40-29)36(24,26)46-44-34/h19-26,28-31,38H,10-18H2,1-9H3/b37-27-/t19-,20-,21-,22-,23+,24+,25+,26+,28-,29+,30-,31-,33+,34+,35?,36?/m1/s1. The first-order valence-corrected chi connectivity index (χ1v) is 18.4. The number of hydrazone groups is 1. The van der Waals surface area contributed by atoms with E-state index in [0.717, 1.165) is 44.2 Å². The molecule has 8 saturated heterocycles. The molecule has 0 aromatic rings. The van der Waals surface area contributed by atoms with E-state index in [1.807, 2.05) is 13.8 Å². The largest absolute Gasteiger partial charge is 0.345 e. The molecule has 0 radical (unpaired) electrons. The van der Waals surface area contributed by atoms with Crippen molar-refractivity contribution in [2.75, 3.05) is 0 Å². The highest BCUT2D eigenvalue weighted by atomic mass is 17.3. The first-order chi connectivity index (χ1) is 21.7. The second-order valence-corrected chi connectivity index (χ2v) is 17.9. The molecule has 10 nitrogen and oxygen atoms in total. The van der Waals surface area contributed by atoms with Crippen LogP contribution in [-0.2, 0) is 38.5 Å². The van der Waals surface area contributed by atoms with Crippen LogP contribution in [0.4, 0.5) is 0 Å². The zero-order chi connectivity index (χ0) is 32.4. The van der Waals surface area contributed by atoms with Gasteiger partial charge in [-0.3, -0.25) is 0 Å². The molecular weight excluding hydrogens is 588 g/mol. The lowest BCUT2D eigenvalue weighted by Gasteiger charge is -2.61. The Kier molecular flexibility index (Phi) is 7.61. The fourth-order valence-electron chi connectivity index (χ4n) is 11.2. The molecule has 10 rings (SSSR count). The molecule has 2 unspecified atom stereocenters. The molecule has 1 N–H and O–H groups in total. The number of hydrogen-bond acceptors (Lipinski definition) is 10. The van der Waals surface area contributed by atoms with Gasteiger partial charge in [0.1, 0.15) is 6.10 Å². The molecule has 260 valence electrons. The van der Waals surface area contributed by atoms with E-state index in [2.05, 4.69) is 53.9 Å².